The molecular formula is C25H27N5O4S. The first-order chi connectivity index (χ1) is 17.0. The van der Waals surface area contributed by atoms with Crippen LogP contribution < -0.4 is 10.3 Å². The average molecular weight is 494 g/mol. The summed E-state index contributed by atoms with van der Waals surface area (Å²) < 4.78 is 12.6. The van der Waals surface area contributed by atoms with Gasteiger partial charge in [0.2, 0.25) is 5.91 Å². The summed E-state index contributed by atoms with van der Waals surface area (Å²) in [6.45, 7) is 7.62. The number of aryl methyl sites for hydroxylation is 2. The average Bonchev–Trinajstić information content (AvgIpc) is 3.45. The highest BCUT2D eigenvalue weighted by atomic mass is 32.1. The van der Waals surface area contributed by atoms with Crippen LogP contribution in [-0.2, 0) is 24.4 Å². The Balaban J connectivity index is 1.10. The molecule has 1 fully saturated rings. The zero-order chi connectivity index (χ0) is 24.4. The van der Waals surface area contributed by atoms with Gasteiger partial charge in [0.25, 0.3) is 5.56 Å². The van der Waals surface area contributed by atoms with Crippen molar-refractivity contribution in [2.75, 3.05) is 26.2 Å². The molecule has 1 aliphatic heterocycles. The molecule has 1 aliphatic rings. The van der Waals surface area contributed by atoms with Gasteiger partial charge in [0.15, 0.2) is 4.96 Å². The third-order valence-corrected chi connectivity index (χ3v) is 7.07. The van der Waals surface area contributed by atoms with Gasteiger partial charge in [-0.3, -0.25) is 18.9 Å². The third-order valence-electron chi connectivity index (χ3n) is 6.31. The minimum atomic E-state index is -0.0554. The van der Waals surface area contributed by atoms with E-state index in [1.807, 2.05) is 48.4 Å². The zero-order valence-electron chi connectivity index (χ0n) is 19.8. The molecule has 1 aromatic carbocycles. The summed E-state index contributed by atoms with van der Waals surface area (Å²) in [6.07, 6.45) is 2.10. The van der Waals surface area contributed by atoms with Gasteiger partial charge in [0.05, 0.1) is 23.4 Å². The van der Waals surface area contributed by atoms with Crippen molar-refractivity contribution in [3.63, 3.8) is 0 Å². The normalized spacial score (nSPS) is 14.5. The van der Waals surface area contributed by atoms with Crippen LogP contribution in [0.25, 0.3) is 4.96 Å². The van der Waals surface area contributed by atoms with Crippen molar-refractivity contribution in [3.8, 4) is 5.75 Å². The minimum Gasteiger partial charge on any atom is -0.489 e. The number of ether oxygens (including phenoxy) is 1. The number of rotatable bonds is 7. The van der Waals surface area contributed by atoms with Crippen LogP contribution in [0.3, 0.4) is 0 Å². The first kappa shape index (κ1) is 23.3. The maximum absolute atomic E-state index is 12.8. The lowest BCUT2D eigenvalue weighted by molar-refractivity contribution is -0.132. The van der Waals surface area contributed by atoms with Gasteiger partial charge in [-0.25, -0.2) is 4.98 Å². The second kappa shape index (κ2) is 10.0. The van der Waals surface area contributed by atoms with E-state index < -0.39 is 0 Å². The van der Waals surface area contributed by atoms with E-state index in [9.17, 15) is 9.59 Å². The van der Waals surface area contributed by atoms with E-state index in [-0.39, 0.29) is 11.5 Å². The molecule has 10 heteroatoms. The van der Waals surface area contributed by atoms with Crippen LogP contribution in [0.2, 0.25) is 0 Å². The number of piperazine rings is 1. The lowest BCUT2D eigenvalue weighted by atomic mass is 10.1. The second-order valence-corrected chi connectivity index (χ2v) is 9.58. The molecular weight excluding hydrogens is 466 g/mol. The van der Waals surface area contributed by atoms with E-state index in [0.717, 1.165) is 47.1 Å². The summed E-state index contributed by atoms with van der Waals surface area (Å²) in [4.78, 5) is 34.5. The van der Waals surface area contributed by atoms with Gasteiger partial charge in [-0.05, 0) is 31.5 Å². The van der Waals surface area contributed by atoms with Gasteiger partial charge in [0.1, 0.15) is 18.1 Å². The molecule has 1 amide bonds. The predicted octanol–water partition coefficient (Wildman–Crippen LogP) is 2.83. The zero-order valence-corrected chi connectivity index (χ0v) is 20.6. The first-order valence-corrected chi connectivity index (χ1v) is 12.4. The number of aromatic nitrogens is 3. The lowest BCUT2D eigenvalue weighted by Crippen LogP contribution is -2.48. The topological polar surface area (TPSA) is 93.2 Å². The Kier molecular flexibility index (Phi) is 6.65. The highest BCUT2D eigenvalue weighted by Crippen LogP contribution is 2.19. The number of fused-ring (bicyclic) bond motifs is 1. The van der Waals surface area contributed by atoms with Gasteiger partial charge in [-0.15, -0.1) is 11.3 Å². The molecule has 35 heavy (non-hydrogen) atoms. The fourth-order valence-corrected chi connectivity index (χ4v) is 4.95. The van der Waals surface area contributed by atoms with Gasteiger partial charge >= 0.3 is 0 Å². The van der Waals surface area contributed by atoms with Crippen LogP contribution in [0.5, 0.6) is 5.75 Å². The maximum Gasteiger partial charge on any atom is 0.258 e. The lowest BCUT2D eigenvalue weighted by Gasteiger charge is -2.34. The van der Waals surface area contributed by atoms with Crippen LogP contribution in [-0.4, -0.2) is 56.4 Å². The molecule has 182 valence electrons. The molecule has 3 aromatic heterocycles. The molecule has 0 aliphatic carbocycles. The van der Waals surface area contributed by atoms with Crippen molar-refractivity contribution in [3.05, 3.63) is 80.5 Å². The molecule has 4 heterocycles. The SMILES string of the molecule is Cc1noc(C)c1COc1ccc(CC(=O)N2CCN(Cc3cc(=O)n4ccsc4n3)CC2)cc1. The molecule has 4 aromatic rings. The number of amides is 1. The molecule has 5 rings (SSSR count). The van der Waals surface area contributed by atoms with Crippen molar-refractivity contribution in [1.29, 1.82) is 0 Å². The molecule has 0 unspecified atom stereocenters. The molecule has 1 saturated heterocycles. The summed E-state index contributed by atoms with van der Waals surface area (Å²) in [5.74, 6) is 1.62. The van der Waals surface area contributed by atoms with Crippen molar-refractivity contribution >= 4 is 22.2 Å². The van der Waals surface area contributed by atoms with Gasteiger partial charge < -0.3 is 14.2 Å². The van der Waals surface area contributed by atoms with E-state index in [2.05, 4.69) is 15.0 Å². The minimum absolute atomic E-state index is 0.0554. The van der Waals surface area contributed by atoms with Crippen LogP contribution in [0, 0.1) is 13.8 Å². The summed E-state index contributed by atoms with van der Waals surface area (Å²) in [5, 5.41) is 5.80. The van der Waals surface area contributed by atoms with Crippen molar-refractivity contribution in [2.24, 2.45) is 0 Å². The van der Waals surface area contributed by atoms with E-state index in [0.29, 0.717) is 37.6 Å². The fraction of sp³-hybridized carbons (Fsp3) is 0.360. The molecule has 0 saturated carbocycles. The highest BCUT2D eigenvalue weighted by molar-refractivity contribution is 7.15. The van der Waals surface area contributed by atoms with Gasteiger partial charge in [0, 0.05) is 50.4 Å². The van der Waals surface area contributed by atoms with E-state index >= 15 is 0 Å². The number of hydrogen-bond donors (Lipinski definition) is 0. The molecule has 0 bridgehead atoms. The molecule has 0 radical (unpaired) electrons. The van der Waals surface area contributed by atoms with Crippen LogP contribution in [0.1, 0.15) is 28.3 Å². The van der Waals surface area contributed by atoms with Crippen molar-refractivity contribution in [1.82, 2.24) is 24.3 Å². The Morgan fingerprint density at radius 3 is 2.63 bits per heavy atom. The summed E-state index contributed by atoms with van der Waals surface area (Å²) in [6, 6.07) is 9.24. The van der Waals surface area contributed by atoms with Crippen molar-refractivity contribution < 1.29 is 14.1 Å². The molecule has 0 atom stereocenters. The smallest absolute Gasteiger partial charge is 0.258 e. The van der Waals surface area contributed by atoms with Crippen LogP contribution >= 0.6 is 11.3 Å². The number of thiazole rings is 1. The summed E-state index contributed by atoms with van der Waals surface area (Å²) in [7, 11) is 0. The monoisotopic (exact) mass is 493 g/mol. The van der Waals surface area contributed by atoms with E-state index in [1.165, 1.54) is 11.3 Å². The maximum atomic E-state index is 12.8. The molecule has 9 nitrogen and oxygen atoms in total. The van der Waals surface area contributed by atoms with Crippen LogP contribution in [0.15, 0.2) is 51.2 Å². The number of benzene rings is 1. The Labute approximate surface area is 206 Å². The Morgan fingerprint density at radius 2 is 1.91 bits per heavy atom. The van der Waals surface area contributed by atoms with Gasteiger partial charge in [-0.1, -0.05) is 17.3 Å². The van der Waals surface area contributed by atoms with E-state index in [1.54, 1.807) is 16.7 Å². The quantitative estimate of drug-likeness (QED) is 0.391. The van der Waals surface area contributed by atoms with Gasteiger partial charge in [-0.2, -0.15) is 0 Å². The Morgan fingerprint density at radius 1 is 1.14 bits per heavy atom. The van der Waals surface area contributed by atoms with E-state index in [4.69, 9.17) is 9.26 Å². The number of nitrogens with zero attached hydrogens (tertiary/aromatic N) is 5. The fourth-order valence-electron chi connectivity index (χ4n) is 4.21. The number of carbonyl (C=O) groups is 1. The Bertz CT molecular complexity index is 1360. The summed E-state index contributed by atoms with van der Waals surface area (Å²) >= 11 is 1.45. The Hall–Kier alpha value is -3.50. The number of hydrogen-bond acceptors (Lipinski definition) is 8. The standard InChI is InChI=1S/C25H27N5O4S/c1-17-22(18(2)34-27-17)16-33-21-5-3-19(4-6-21)13-23(31)29-9-7-28(8-10-29)15-20-14-24(32)30-11-12-35-25(30)26-20/h3-6,11-12,14H,7-10,13,15-16H2,1-2H3. The number of carbonyl (C=O) groups excluding carboxylic acids is 1. The second-order valence-electron chi connectivity index (χ2n) is 8.71. The predicted molar refractivity (Wildman–Crippen MR) is 132 cm³/mol. The van der Waals surface area contributed by atoms with Crippen molar-refractivity contribution in [2.45, 2.75) is 33.4 Å². The summed E-state index contributed by atoms with van der Waals surface area (Å²) in [5.41, 5.74) is 3.46. The first-order valence-electron chi connectivity index (χ1n) is 11.6. The molecule has 0 N–H and O–H groups in total. The largest absolute Gasteiger partial charge is 0.489 e. The molecule has 0 spiro atoms. The van der Waals surface area contributed by atoms with Crippen LogP contribution in [0.4, 0.5) is 0 Å². The third kappa shape index (κ3) is 5.28. The highest BCUT2D eigenvalue weighted by Gasteiger charge is 2.22.